The van der Waals surface area contributed by atoms with Crippen LogP contribution in [0.4, 0.5) is 5.69 Å². The van der Waals surface area contributed by atoms with E-state index in [2.05, 4.69) is 43.0 Å². The number of benzene rings is 3. The zero-order valence-corrected chi connectivity index (χ0v) is 43.6. The van der Waals surface area contributed by atoms with Gasteiger partial charge in [-0.15, -0.1) is 11.3 Å². The van der Waals surface area contributed by atoms with Crippen LogP contribution in [0.1, 0.15) is 62.4 Å². The van der Waals surface area contributed by atoms with E-state index in [1.165, 1.54) is 9.80 Å². The van der Waals surface area contributed by atoms with Crippen LogP contribution in [0.25, 0.3) is 10.4 Å². The van der Waals surface area contributed by atoms with Crippen molar-refractivity contribution >= 4 is 52.5 Å². The van der Waals surface area contributed by atoms with E-state index in [0.717, 1.165) is 65.3 Å². The van der Waals surface area contributed by atoms with E-state index in [1.54, 1.807) is 30.5 Å². The second kappa shape index (κ2) is 26.0. The third-order valence-electron chi connectivity index (χ3n) is 13.3. The van der Waals surface area contributed by atoms with Gasteiger partial charge in [0.25, 0.3) is 5.91 Å². The molecule has 4 aromatic rings. The maximum absolute atomic E-state index is 14.0. The number of carbonyl (C=O) groups is 6. The first-order chi connectivity index (χ1) is 35.5. The lowest BCUT2D eigenvalue weighted by Crippen LogP contribution is -2.58. The molecular formula is C55H68N8O10S. The molecule has 2 fully saturated rings. The fourth-order valence-corrected chi connectivity index (χ4v) is 9.81. The third-order valence-corrected chi connectivity index (χ3v) is 14.3. The summed E-state index contributed by atoms with van der Waals surface area (Å²) in [6.07, 6.45) is 1.54. The van der Waals surface area contributed by atoms with Crippen LogP contribution in [-0.4, -0.2) is 152 Å². The number of aliphatic hydroxyl groups is 1. The van der Waals surface area contributed by atoms with Gasteiger partial charge in [-0.3, -0.25) is 28.8 Å². The van der Waals surface area contributed by atoms with Crippen molar-refractivity contribution in [3.8, 4) is 28.0 Å². The van der Waals surface area contributed by atoms with Gasteiger partial charge in [0.05, 0.1) is 47.7 Å². The lowest BCUT2D eigenvalue weighted by molar-refractivity contribution is -0.144. The van der Waals surface area contributed by atoms with Crippen LogP contribution in [0.2, 0.25) is 0 Å². The average molecular weight is 1030 g/mol. The molecule has 394 valence electrons. The highest BCUT2D eigenvalue weighted by atomic mass is 32.1. The SMILES string of the molecule is Cc1ncsc1-c1ccc(CNC(=O)[C@@H]2C[C@@H](O)CN2C(=O)[C@@H](NC(=O)COCCOCCN2CCC(C#Cc3ccc4c(c3)N(C)C(=O)[C@@H](NC(=O)C(=O)NCCc3ccccc3)CO4)CC2)C(C)(C)C)cc1. The summed E-state index contributed by atoms with van der Waals surface area (Å²) in [7, 11) is 1.60. The van der Waals surface area contributed by atoms with Crippen LogP contribution >= 0.6 is 11.3 Å². The van der Waals surface area contributed by atoms with Crippen molar-refractivity contribution < 1.29 is 48.1 Å². The quantitative estimate of drug-likeness (QED) is 0.0551. The van der Waals surface area contributed by atoms with E-state index in [4.69, 9.17) is 14.2 Å². The molecule has 0 saturated carbocycles. The van der Waals surface area contributed by atoms with Gasteiger partial charge < -0.3 is 55.3 Å². The minimum atomic E-state index is -1.05. The summed E-state index contributed by atoms with van der Waals surface area (Å²) in [6.45, 7) is 10.9. The number of aliphatic hydroxyl groups excluding tert-OH is 1. The number of hydrogen-bond acceptors (Lipinski definition) is 13. The van der Waals surface area contributed by atoms with Crippen molar-refractivity contribution in [2.45, 2.75) is 84.2 Å². The standard InChI is InChI=1S/C55H68N8O10S/c1-36-48(74-35-58-36)41-16-13-40(14-17-41)31-57-50(66)45-30-42(64)32-63(45)54(70)49(55(2,3)4)60-47(65)34-72-28-27-71-26-25-62-23-20-38(21-24-62)11-12-39-15-18-46-44(29-39)61(5)53(69)43(33-73-46)59-52(68)51(67)56-22-19-37-9-7-6-8-10-37/h6-10,13-18,29,35,38,42-43,45,49,64H,19-28,30-34H2,1-5H3,(H,56,67)(H,57,66)(H,59,68)(H,60,65)/t42-,43+,45+,49-/m1/s1. The molecule has 5 N–H and O–H groups in total. The molecule has 3 aromatic carbocycles. The van der Waals surface area contributed by atoms with E-state index in [-0.39, 0.29) is 64.3 Å². The Bertz CT molecular complexity index is 2660. The number of fused-ring (bicyclic) bond motifs is 1. The second-order valence-corrected chi connectivity index (χ2v) is 20.8. The molecule has 4 heterocycles. The summed E-state index contributed by atoms with van der Waals surface area (Å²) in [5, 5.41) is 21.4. The number of piperidine rings is 1. The van der Waals surface area contributed by atoms with E-state index < -0.39 is 59.2 Å². The third kappa shape index (κ3) is 15.2. The highest BCUT2D eigenvalue weighted by Gasteiger charge is 2.44. The number of nitrogens with zero attached hydrogens (tertiary/aromatic N) is 4. The molecule has 0 spiro atoms. The molecular weight excluding hydrogens is 965 g/mol. The predicted octanol–water partition coefficient (Wildman–Crippen LogP) is 3.22. The van der Waals surface area contributed by atoms with Gasteiger partial charge in [-0.2, -0.15) is 0 Å². The maximum Gasteiger partial charge on any atom is 0.310 e. The number of nitrogens with one attached hydrogen (secondary N) is 4. The number of likely N-dealkylation sites (N-methyl/N-ethyl adjacent to an activating group) is 1. The minimum Gasteiger partial charge on any atom is -0.489 e. The second-order valence-electron chi connectivity index (χ2n) is 19.9. The van der Waals surface area contributed by atoms with Crippen molar-refractivity contribution in [3.05, 3.63) is 101 Å². The number of amides is 6. The molecule has 0 radical (unpaired) electrons. The number of thiazole rings is 1. The molecule has 2 saturated heterocycles. The van der Waals surface area contributed by atoms with Crippen LogP contribution in [-0.2, 0) is 51.2 Å². The molecule has 18 nitrogen and oxygen atoms in total. The number of carbonyl (C=O) groups excluding carboxylic acids is 6. The number of β-amino-alcohol motifs (C(OH)–C–C–N with tert-alkyl or cyclic N) is 1. The van der Waals surface area contributed by atoms with Gasteiger partial charge in [0.1, 0.15) is 37.1 Å². The lowest BCUT2D eigenvalue weighted by atomic mass is 9.85. The summed E-state index contributed by atoms with van der Waals surface area (Å²) in [4.78, 5) is 89.6. The van der Waals surface area contributed by atoms with Crippen LogP contribution in [0.3, 0.4) is 0 Å². The smallest absolute Gasteiger partial charge is 0.310 e. The lowest BCUT2D eigenvalue weighted by Gasteiger charge is -2.35. The fraction of sp³-hybridized carbons (Fsp3) is 0.473. The van der Waals surface area contributed by atoms with Gasteiger partial charge >= 0.3 is 11.8 Å². The molecule has 0 aliphatic carbocycles. The zero-order chi connectivity index (χ0) is 52.8. The molecule has 6 amide bonds. The molecule has 3 aliphatic rings. The Kier molecular flexibility index (Phi) is 19.3. The van der Waals surface area contributed by atoms with Gasteiger partial charge in [0.15, 0.2) is 0 Å². The summed E-state index contributed by atoms with van der Waals surface area (Å²) in [6, 6.07) is 19.9. The summed E-state index contributed by atoms with van der Waals surface area (Å²) >= 11 is 1.57. The molecule has 4 atom stereocenters. The van der Waals surface area contributed by atoms with Crippen LogP contribution in [0, 0.1) is 30.1 Å². The Hall–Kier alpha value is -6.69. The Morgan fingerprint density at radius 1 is 0.932 bits per heavy atom. The number of hydrogen-bond donors (Lipinski definition) is 5. The van der Waals surface area contributed by atoms with E-state index in [0.29, 0.717) is 24.5 Å². The Labute approximate surface area is 436 Å². The van der Waals surface area contributed by atoms with Gasteiger partial charge in [0, 0.05) is 51.1 Å². The number of rotatable bonds is 18. The van der Waals surface area contributed by atoms with E-state index in [9.17, 15) is 33.9 Å². The minimum absolute atomic E-state index is 0.0214. The van der Waals surface area contributed by atoms with Gasteiger partial charge in [-0.25, -0.2) is 4.98 Å². The molecule has 0 bridgehead atoms. The molecule has 0 unspecified atom stereocenters. The molecule has 7 rings (SSSR count). The molecule has 3 aliphatic heterocycles. The normalized spacial score (nSPS) is 18.5. The van der Waals surface area contributed by atoms with Gasteiger partial charge in [-0.1, -0.05) is 87.2 Å². The largest absolute Gasteiger partial charge is 0.489 e. The first kappa shape index (κ1) is 55.1. The number of anilines is 1. The Morgan fingerprint density at radius 2 is 1.68 bits per heavy atom. The number of likely N-dealkylation sites (tertiary alicyclic amines) is 2. The first-order valence-electron chi connectivity index (χ1n) is 25.2. The van der Waals surface area contributed by atoms with Crippen LogP contribution in [0.5, 0.6) is 5.75 Å². The van der Waals surface area contributed by atoms with E-state index in [1.807, 2.05) is 93.9 Å². The summed E-state index contributed by atoms with van der Waals surface area (Å²) in [5.74, 6) is 3.88. The Morgan fingerprint density at radius 3 is 2.39 bits per heavy atom. The first-order valence-corrected chi connectivity index (χ1v) is 26.0. The number of aryl methyl sites for hydroxylation is 1. The van der Waals surface area contributed by atoms with Crippen molar-refractivity contribution in [3.63, 3.8) is 0 Å². The topological polar surface area (TPSA) is 221 Å². The van der Waals surface area contributed by atoms with Crippen molar-refractivity contribution in [2.75, 3.05) is 77.7 Å². The van der Waals surface area contributed by atoms with Crippen molar-refractivity contribution in [1.82, 2.24) is 36.1 Å². The molecule has 74 heavy (non-hydrogen) atoms. The number of ether oxygens (including phenoxy) is 3. The molecule has 1 aromatic heterocycles. The maximum atomic E-state index is 14.0. The average Bonchev–Trinajstić information content (AvgIpc) is 3.99. The van der Waals surface area contributed by atoms with E-state index >= 15 is 0 Å². The number of aromatic nitrogens is 1. The summed E-state index contributed by atoms with van der Waals surface area (Å²) < 4.78 is 17.3. The fourth-order valence-electron chi connectivity index (χ4n) is 9.00. The Balaban J connectivity index is 0.771. The van der Waals surface area contributed by atoms with Crippen LogP contribution in [0.15, 0.2) is 78.3 Å². The van der Waals surface area contributed by atoms with Crippen LogP contribution < -0.4 is 30.9 Å². The predicted molar refractivity (Wildman–Crippen MR) is 280 cm³/mol. The van der Waals surface area contributed by atoms with Gasteiger partial charge in [0.2, 0.25) is 17.7 Å². The van der Waals surface area contributed by atoms with Gasteiger partial charge in [-0.05, 0) is 79.6 Å². The molecule has 19 heteroatoms. The van der Waals surface area contributed by atoms with Crippen molar-refractivity contribution in [2.24, 2.45) is 11.3 Å². The highest BCUT2D eigenvalue weighted by Crippen LogP contribution is 2.32. The van der Waals surface area contributed by atoms with Crippen molar-refractivity contribution in [1.29, 1.82) is 0 Å². The highest BCUT2D eigenvalue weighted by molar-refractivity contribution is 7.13. The monoisotopic (exact) mass is 1030 g/mol. The summed E-state index contributed by atoms with van der Waals surface area (Å²) in [5.41, 5.74) is 6.27. The zero-order valence-electron chi connectivity index (χ0n) is 42.8.